The number of hydrogen-bond donors (Lipinski definition) is 5. The van der Waals surface area contributed by atoms with E-state index in [1.54, 1.807) is 24.3 Å². The summed E-state index contributed by atoms with van der Waals surface area (Å²) in [5, 5.41) is 36.1. The predicted octanol–water partition coefficient (Wildman–Crippen LogP) is 6.59. The summed E-state index contributed by atoms with van der Waals surface area (Å²) in [5.41, 5.74) is 7.00. The van der Waals surface area contributed by atoms with Gasteiger partial charge in [0.2, 0.25) is 0 Å². The highest BCUT2D eigenvalue weighted by Gasteiger charge is 2.39. The summed E-state index contributed by atoms with van der Waals surface area (Å²) in [6, 6.07) is 38.5. The molecule has 5 aromatic carbocycles. The number of nitrogens with zero attached hydrogens (tertiary/aromatic N) is 1. The van der Waals surface area contributed by atoms with Gasteiger partial charge in [-0.2, -0.15) is 0 Å². The Morgan fingerprint density at radius 2 is 1.51 bits per heavy atom. The minimum absolute atomic E-state index is 0.0458. The Bertz CT molecular complexity index is 2060. The molecule has 1 aliphatic heterocycles. The number of likely N-dealkylation sites (N-methyl/N-ethyl adjacent to an activating group) is 1. The number of aromatic hydroxyl groups is 1. The third-order valence-corrected chi connectivity index (χ3v) is 10.3. The van der Waals surface area contributed by atoms with Crippen LogP contribution in [0.15, 0.2) is 127 Å². The van der Waals surface area contributed by atoms with Gasteiger partial charge in [-0.15, -0.1) is 0 Å². The van der Waals surface area contributed by atoms with Gasteiger partial charge in [-0.05, 0) is 64.2 Å². The predicted molar refractivity (Wildman–Crippen MR) is 217 cm³/mol. The molecule has 57 heavy (non-hydrogen) atoms. The summed E-state index contributed by atoms with van der Waals surface area (Å²) in [4.78, 5) is 27.3. The highest BCUT2D eigenvalue weighted by molar-refractivity contribution is 5.83. The van der Waals surface area contributed by atoms with Crippen molar-refractivity contribution in [2.45, 2.75) is 57.1 Å². The first-order chi connectivity index (χ1) is 27.6. The van der Waals surface area contributed by atoms with Crippen molar-refractivity contribution in [3.05, 3.63) is 161 Å². The normalized spacial score (nSPS) is 19.1. The van der Waals surface area contributed by atoms with Gasteiger partial charge >= 0.3 is 12.0 Å². The van der Waals surface area contributed by atoms with E-state index >= 15 is 0 Å². The molecule has 1 heterocycles. The van der Waals surface area contributed by atoms with Gasteiger partial charge in [-0.25, -0.2) is 9.59 Å². The Morgan fingerprint density at radius 3 is 2.21 bits per heavy atom. The van der Waals surface area contributed by atoms with Crippen LogP contribution in [-0.4, -0.2) is 71.6 Å². The fourth-order valence-electron chi connectivity index (χ4n) is 7.11. The van der Waals surface area contributed by atoms with Crippen LogP contribution in [0.3, 0.4) is 0 Å². The number of esters is 1. The molecule has 11 nitrogen and oxygen atoms in total. The number of aliphatic hydroxyl groups excluding tert-OH is 2. The van der Waals surface area contributed by atoms with Gasteiger partial charge < -0.3 is 45.1 Å². The Morgan fingerprint density at radius 1 is 0.807 bits per heavy atom. The molecule has 0 aliphatic carbocycles. The molecule has 2 amide bonds. The molecule has 6 rings (SSSR count). The Labute approximate surface area is 333 Å². The molecule has 6 unspecified atom stereocenters. The quantitative estimate of drug-likeness (QED) is 0.0743. The molecule has 0 bridgehead atoms. The number of hydrogen-bond acceptors (Lipinski definition) is 9. The number of carbonyl (C=O) groups is 2. The molecule has 298 valence electrons. The molecule has 5 aromatic rings. The summed E-state index contributed by atoms with van der Waals surface area (Å²) in [6.07, 6.45) is -1.71. The lowest BCUT2D eigenvalue weighted by Crippen LogP contribution is -2.47. The molecule has 11 heteroatoms. The second kappa shape index (κ2) is 19.5. The van der Waals surface area contributed by atoms with E-state index in [0.717, 1.165) is 38.9 Å². The van der Waals surface area contributed by atoms with E-state index in [0.29, 0.717) is 25.1 Å². The lowest BCUT2D eigenvalue weighted by molar-refractivity contribution is -0.276. The van der Waals surface area contributed by atoms with E-state index in [4.69, 9.17) is 14.2 Å². The Balaban J connectivity index is 1.12. The van der Waals surface area contributed by atoms with Gasteiger partial charge in [0.15, 0.2) is 6.29 Å². The minimum atomic E-state index is -0.829. The maximum atomic E-state index is 12.9. The Hall–Kier alpha value is -5.56. The van der Waals surface area contributed by atoms with Crippen molar-refractivity contribution in [3.63, 3.8) is 0 Å². The SMILES string of the molecule is COC(=O)C(Cc1ccccc1)NC(=O)NCc1cccc(-c2ccc(C3OC(CN(C)CC(O)c4cccc(O)c4)C(C)C(c4ccc(CO)cc4)O3)cc2)c1. The highest BCUT2D eigenvalue weighted by atomic mass is 16.7. The van der Waals surface area contributed by atoms with Crippen molar-refractivity contribution in [2.75, 3.05) is 27.2 Å². The molecular formula is C46H51N3O8. The molecule has 1 aliphatic rings. The van der Waals surface area contributed by atoms with E-state index in [9.17, 15) is 24.9 Å². The van der Waals surface area contributed by atoms with Gasteiger partial charge in [-0.1, -0.05) is 116 Å². The second-order valence-electron chi connectivity index (χ2n) is 14.6. The van der Waals surface area contributed by atoms with Gasteiger partial charge in [0, 0.05) is 37.5 Å². The van der Waals surface area contributed by atoms with Gasteiger partial charge in [0.25, 0.3) is 0 Å². The molecule has 1 fully saturated rings. The van der Waals surface area contributed by atoms with Crippen LogP contribution in [0, 0.1) is 5.92 Å². The molecular weight excluding hydrogens is 723 g/mol. The van der Waals surface area contributed by atoms with E-state index in [2.05, 4.69) is 17.6 Å². The number of nitrogens with one attached hydrogen (secondary N) is 2. The van der Waals surface area contributed by atoms with Gasteiger partial charge in [-0.3, -0.25) is 0 Å². The third kappa shape index (κ3) is 11.1. The van der Waals surface area contributed by atoms with Crippen molar-refractivity contribution in [3.8, 4) is 16.9 Å². The number of benzene rings is 5. The molecule has 0 saturated carbocycles. The zero-order chi connectivity index (χ0) is 40.3. The average molecular weight is 774 g/mol. The van der Waals surface area contributed by atoms with E-state index in [1.807, 2.05) is 115 Å². The second-order valence-corrected chi connectivity index (χ2v) is 14.6. The number of ether oxygens (including phenoxy) is 3. The third-order valence-electron chi connectivity index (χ3n) is 10.3. The van der Waals surface area contributed by atoms with Crippen molar-refractivity contribution in [2.24, 2.45) is 5.92 Å². The average Bonchev–Trinajstić information content (AvgIpc) is 3.23. The number of rotatable bonds is 15. The van der Waals surface area contributed by atoms with Crippen LogP contribution in [0.1, 0.15) is 58.8 Å². The van der Waals surface area contributed by atoms with E-state index in [1.165, 1.54) is 7.11 Å². The fraction of sp³-hybridized carbons (Fsp3) is 0.304. The molecule has 0 radical (unpaired) electrons. The van der Waals surface area contributed by atoms with E-state index < -0.39 is 30.4 Å². The fourth-order valence-corrected chi connectivity index (χ4v) is 7.11. The first-order valence-corrected chi connectivity index (χ1v) is 19.1. The van der Waals surface area contributed by atoms with Crippen molar-refractivity contribution in [1.29, 1.82) is 0 Å². The van der Waals surface area contributed by atoms with Crippen LogP contribution in [0.2, 0.25) is 0 Å². The van der Waals surface area contributed by atoms with Crippen LogP contribution >= 0.6 is 0 Å². The molecule has 0 spiro atoms. The number of amides is 2. The van der Waals surface area contributed by atoms with Gasteiger partial charge in [0.05, 0.1) is 32.0 Å². The van der Waals surface area contributed by atoms with Crippen LogP contribution < -0.4 is 10.6 Å². The summed E-state index contributed by atoms with van der Waals surface area (Å²) in [7, 11) is 3.24. The zero-order valence-electron chi connectivity index (χ0n) is 32.5. The largest absolute Gasteiger partial charge is 0.508 e. The van der Waals surface area contributed by atoms with Crippen molar-refractivity contribution >= 4 is 12.0 Å². The molecule has 0 aromatic heterocycles. The standard InChI is InChI=1S/C46H51N3O8/c1-30-42(28-49(2)27-41(52)38-13-8-14-39(51)25-38)56-45(57-43(30)35-17-15-32(29-50)16-18-35)36-21-19-34(20-22-36)37-12-7-11-33(23-37)26-47-46(54)48-40(44(53)55-3)24-31-9-5-4-6-10-31/h4-23,25,30,40-43,45,50-52H,24,26-29H2,1-3H3,(H2,47,48,54). The first-order valence-electron chi connectivity index (χ1n) is 19.1. The highest BCUT2D eigenvalue weighted by Crippen LogP contribution is 2.42. The van der Waals surface area contributed by atoms with E-state index in [-0.39, 0.29) is 37.0 Å². The molecule has 1 saturated heterocycles. The number of urea groups is 1. The van der Waals surface area contributed by atoms with Crippen LogP contribution in [0.25, 0.3) is 11.1 Å². The minimum Gasteiger partial charge on any atom is -0.508 e. The van der Waals surface area contributed by atoms with Crippen molar-refractivity contribution in [1.82, 2.24) is 15.5 Å². The van der Waals surface area contributed by atoms with Crippen LogP contribution in [0.5, 0.6) is 5.75 Å². The number of aliphatic hydroxyl groups is 2. The first kappa shape index (κ1) is 41.1. The molecule has 5 N–H and O–H groups in total. The Kier molecular flexibility index (Phi) is 14.1. The topological polar surface area (TPSA) is 150 Å². The number of carbonyl (C=O) groups excluding carboxylic acids is 2. The van der Waals surface area contributed by atoms with Gasteiger partial charge in [0.1, 0.15) is 11.8 Å². The number of phenols is 1. The zero-order valence-corrected chi connectivity index (χ0v) is 32.5. The summed E-state index contributed by atoms with van der Waals surface area (Å²) < 4.78 is 18.3. The summed E-state index contributed by atoms with van der Waals surface area (Å²) >= 11 is 0. The number of methoxy groups -OCH3 is 1. The maximum absolute atomic E-state index is 12.9. The monoisotopic (exact) mass is 773 g/mol. The smallest absolute Gasteiger partial charge is 0.328 e. The maximum Gasteiger partial charge on any atom is 0.328 e. The van der Waals surface area contributed by atoms with Crippen molar-refractivity contribution < 1.29 is 39.1 Å². The van der Waals surface area contributed by atoms with Crippen LogP contribution in [-0.2, 0) is 38.6 Å². The lowest BCUT2D eigenvalue weighted by Gasteiger charge is -2.42. The molecule has 6 atom stereocenters. The summed E-state index contributed by atoms with van der Waals surface area (Å²) in [5.74, 6) is -0.459. The van der Waals surface area contributed by atoms with Crippen LogP contribution in [0.4, 0.5) is 4.79 Å². The number of phenolic OH excluding ortho intramolecular Hbond substituents is 1. The lowest BCUT2D eigenvalue weighted by atomic mass is 9.90. The summed E-state index contributed by atoms with van der Waals surface area (Å²) in [6.45, 7) is 3.17.